The summed E-state index contributed by atoms with van der Waals surface area (Å²) in [6.07, 6.45) is 3.40. The minimum absolute atomic E-state index is 0.0457. The summed E-state index contributed by atoms with van der Waals surface area (Å²) in [6, 6.07) is 11.9. The van der Waals surface area contributed by atoms with Crippen LogP contribution < -0.4 is 5.73 Å². The molecule has 0 radical (unpaired) electrons. The molecule has 4 N–H and O–H groups in total. The molecule has 8 nitrogen and oxygen atoms in total. The third-order valence-corrected chi connectivity index (χ3v) is 6.48. The first-order chi connectivity index (χ1) is 16.2. The maximum Gasteiger partial charge on any atom is 0.318 e. The van der Waals surface area contributed by atoms with Gasteiger partial charge in [0.05, 0.1) is 21.8 Å². The number of carboxylic acid groups (broad SMARTS) is 2. The molecule has 1 atom stereocenters. The van der Waals surface area contributed by atoms with Crippen molar-refractivity contribution < 1.29 is 19.8 Å². The molecule has 2 aromatic heterocycles. The van der Waals surface area contributed by atoms with Gasteiger partial charge in [0.1, 0.15) is 11.3 Å². The van der Waals surface area contributed by atoms with E-state index in [2.05, 4.69) is 9.97 Å². The first-order valence-electron chi connectivity index (χ1n) is 10.3. The number of fused-ring (bicyclic) bond motifs is 1. The Morgan fingerprint density at radius 1 is 1.06 bits per heavy atom. The topological polar surface area (TPSA) is 131 Å². The van der Waals surface area contributed by atoms with Crippen molar-refractivity contribution >= 4 is 51.9 Å². The molecule has 0 bridgehead atoms. The highest BCUT2D eigenvalue weighted by Crippen LogP contribution is 2.35. The zero-order valence-electron chi connectivity index (χ0n) is 17.9. The third kappa shape index (κ3) is 4.42. The molecule has 0 aliphatic heterocycles. The summed E-state index contributed by atoms with van der Waals surface area (Å²) >= 11 is 12.1. The quantitative estimate of drug-likeness (QED) is 0.248. The predicted octanol–water partition coefficient (Wildman–Crippen LogP) is 4.73. The fourth-order valence-electron chi connectivity index (χ4n) is 4.14. The zero-order valence-corrected chi connectivity index (χ0v) is 19.5. The summed E-state index contributed by atoms with van der Waals surface area (Å²) in [5.41, 5.74) is 9.84. The molecule has 4 rings (SSSR count). The Labute approximate surface area is 204 Å². The number of carboxylic acids is 2. The number of nitrogens with zero attached hydrogens (tertiary/aromatic N) is 3. The van der Waals surface area contributed by atoms with Gasteiger partial charge in [-0.3, -0.25) is 19.1 Å². The van der Waals surface area contributed by atoms with Crippen LogP contribution in [-0.4, -0.2) is 36.7 Å². The summed E-state index contributed by atoms with van der Waals surface area (Å²) < 4.78 is 1.94. The zero-order chi connectivity index (χ0) is 24.6. The number of aromatic nitrogens is 3. The number of rotatable bonds is 7. The maximum atomic E-state index is 11.9. The molecular weight excluding hydrogens is 479 g/mol. The van der Waals surface area contributed by atoms with E-state index in [0.717, 1.165) is 22.5 Å². The number of halogens is 2. The van der Waals surface area contributed by atoms with Gasteiger partial charge in [0.25, 0.3) is 0 Å². The molecule has 0 aliphatic carbocycles. The van der Waals surface area contributed by atoms with Crippen molar-refractivity contribution in [1.82, 2.24) is 14.5 Å². The monoisotopic (exact) mass is 498 g/mol. The van der Waals surface area contributed by atoms with E-state index in [1.165, 1.54) is 12.1 Å². The number of imidazole rings is 1. The minimum atomic E-state index is -1.69. The van der Waals surface area contributed by atoms with Gasteiger partial charge in [-0.15, -0.1) is 0 Å². The molecule has 0 fully saturated rings. The highest BCUT2D eigenvalue weighted by Gasteiger charge is 2.36. The highest BCUT2D eigenvalue weighted by atomic mass is 35.5. The van der Waals surface area contributed by atoms with Gasteiger partial charge in [0.15, 0.2) is 5.92 Å². The lowest BCUT2D eigenvalue weighted by atomic mass is 9.81. The number of aliphatic carboxylic acids is 2. The summed E-state index contributed by atoms with van der Waals surface area (Å²) in [4.78, 5) is 32.4. The molecule has 4 aromatic rings. The van der Waals surface area contributed by atoms with E-state index in [9.17, 15) is 19.8 Å². The Morgan fingerprint density at radius 2 is 1.71 bits per heavy atom. The molecule has 0 amide bonds. The van der Waals surface area contributed by atoms with Crippen LogP contribution in [0.2, 0.25) is 10.0 Å². The normalized spacial score (nSPS) is 12.2. The Bertz CT molecular complexity index is 1390. The largest absolute Gasteiger partial charge is 0.481 e. The summed E-state index contributed by atoms with van der Waals surface area (Å²) in [6.45, 7) is 1.87. The van der Waals surface area contributed by atoms with Crippen LogP contribution >= 0.6 is 23.2 Å². The second-order valence-electron chi connectivity index (χ2n) is 7.88. The van der Waals surface area contributed by atoms with E-state index in [1.807, 2.05) is 17.6 Å². The van der Waals surface area contributed by atoms with Crippen LogP contribution in [0.1, 0.15) is 22.9 Å². The standard InChI is InChI=1S/C24H20Cl2N4O4/c1-12-29-20-11-28-7-6-21(20)30(12)15-4-2-13(3-5-15)16(22(23(31)32)24(33)34)8-14-9-17(25)18(26)10-19(14)27/h2-7,9-11,16,22H,8,27H2,1H3,(H,31,32)(H,33,34). The number of anilines is 1. The average molecular weight is 499 g/mol. The number of hydrogen-bond acceptors (Lipinski definition) is 5. The Kier molecular flexibility index (Phi) is 6.45. The Hall–Kier alpha value is -3.62. The number of aryl methyl sites for hydroxylation is 1. The molecule has 0 aliphatic rings. The van der Waals surface area contributed by atoms with Crippen molar-refractivity contribution in [2.24, 2.45) is 5.92 Å². The van der Waals surface area contributed by atoms with Crippen molar-refractivity contribution in [2.45, 2.75) is 19.3 Å². The predicted molar refractivity (Wildman–Crippen MR) is 130 cm³/mol. The van der Waals surface area contributed by atoms with E-state index in [4.69, 9.17) is 28.9 Å². The van der Waals surface area contributed by atoms with Crippen LogP contribution in [0.5, 0.6) is 0 Å². The van der Waals surface area contributed by atoms with Gasteiger partial charge in [-0.2, -0.15) is 0 Å². The number of nitrogen functional groups attached to an aromatic ring is 1. The number of pyridine rings is 1. The van der Waals surface area contributed by atoms with Crippen LogP contribution in [0.25, 0.3) is 16.7 Å². The van der Waals surface area contributed by atoms with Gasteiger partial charge >= 0.3 is 11.9 Å². The number of benzene rings is 2. The first-order valence-corrected chi connectivity index (χ1v) is 11.0. The number of carbonyl (C=O) groups is 2. The lowest BCUT2D eigenvalue weighted by Gasteiger charge is -2.23. The van der Waals surface area contributed by atoms with Crippen molar-refractivity contribution in [3.63, 3.8) is 0 Å². The smallest absolute Gasteiger partial charge is 0.318 e. The molecule has 174 valence electrons. The number of hydrogen-bond donors (Lipinski definition) is 3. The molecular formula is C24H20Cl2N4O4. The second-order valence-corrected chi connectivity index (χ2v) is 8.69. The molecule has 2 heterocycles. The molecule has 0 saturated heterocycles. The second kappa shape index (κ2) is 9.32. The van der Waals surface area contributed by atoms with Gasteiger partial charge in [-0.1, -0.05) is 35.3 Å². The van der Waals surface area contributed by atoms with Crippen molar-refractivity contribution in [1.29, 1.82) is 0 Å². The highest BCUT2D eigenvalue weighted by molar-refractivity contribution is 6.42. The maximum absolute atomic E-state index is 11.9. The lowest BCUT2D eigenvalue weighted by molar-refractivity contribution is -0.155. The Morgan fingerprint density at radius 3 is 2.35 bits per heavy atom. The van der Waals surface area contributed by atoms with Gasteiger partial charge < -0.3 is 15.9 Å². The van der Waals surface area contributed by atoms with Crippen molar-refractivity contribution in [2.75, 3.05) is 5.73 Å². The lowest BCUT2D eigenvalue weighted by Crippen LogP contribution is -2.31. The number of nitrogens with two attached hydrogens (primary N) is 1. The molecule has 10 heteroatoms. The van der Waals surface area contributed by atoms with Crippen LogP contribution in [0.15, 0.2) is 54.9 Å². The van der Waals surface area contributed by atoms with Gasteiger partial charge in [-0.05, 0) is 54.8 Å². The molecule has 34 heavy (non-hydrogen) atoms. The fraction of sp³-hybridized carbons (Fsp3) is 0.167. The van der Waals surface area contributed by atoms with E-state index in [1.54, 1.807) is 36.7 Å². The Balaban J connectivity index is 1.77. The average Bonchev–Trinajstić information content (AvgIpc) is 3.12. The molecule has 0 spiro atoms. The minimum Gasteiger partial charge on any atom is -0.481 e. The van der Waals surface area contributed by atoms with E-state index in [-0.39, 0.29) is 16.5 Å². The fourth-order valence-corrected chi connectivity index (χ4v) is 4.50. The van der Waals surface area contributed by atoms with Crippen molar-refractivity contribution in [3.05, 3.63) is 81.9 Å². The van der Waals surface area contributed by atoms with E-state index < -0.39 is 23.8 Å². The van der Waals surface area contributed by atoms with Gasteiger partial charge in [0.2, 0.25) is 0 Å². The van der Waals surface area contributed by atoms with Gasteiger partial charge in [0, 0.05) is 23.5 Å². The van der Waals surface area contributed by atoms with E-state index >= 15 is 0 Å². The SMILES string of the molecule is Cc1nc2cnccc2n1-c1ccc(C(Cc2cc(Cl)c(Cl)cc2N)C(C(=O)O)C(=O)O)cc1. The molecule has 0 saturated carbocycles. The molecule has 2 aromatic carbocycles. The third-order valence-electron chi connectivity index (χ3n) is 5.76. The summed E-state index contributed by atoms with van der Waals surface area (Å²) in [5, 5.41) is 19.9. The van der Waals surface area contributed by atoms with Gasteiger partial charge in [-0.25, -0.2) is 4.98 Å². The van der Waals surface area contributed by atoms with Crippen LogP contribution in [0.4, 0.5) is 5.69 Å². The van der Waals surface area contributed by atoms with Crippen LogP contribution in [0, 0.1) is 12.8 Å². The van der Waals surface area contributed by atoms with Crippen LogP contribution in [0.3, 0.4) is 0 Å². The van der Waals surface area contributed by atoms with E-state index in [0.29, 0.717) is 16.8 Å². The van der Waals surface area contributed by atoms with Crippen molar-refractivity contribution in [3.8, 4) is 5.69 Å². The summed E-state index contributed by atoms with van der Waals surface area (Å²) in [7, 11) is 0. The van der Waals surface area contributed by atoms with Crippen LogP contribution in [-0.2, 0) is 16.0 Å². The molecule has 1 unspecified atom stereocenters. The first kappa shape index (κ1) is 23.5. The summed E-state index contributed by atoms with van der Waals surface area (Å²) in [5.74, 6) is -4.73.